The minimum Gasteiger partial charge on any atom is -0.653 e. The standard InChI is InChI=1S/3C18H15S.C17H17F7NO3.C16H18F6NO.C15H15F7NO/c3*1-4-10-16(11-5-1)19(17-12-6-2-7-13-17)18-14-8-3-9-15-18;1-11(2)14(26)28-13-5-3-12(4-6-13)27-10-16(20,21)7-15(18,19)8-25-9-17(22,23)24;1-3-12-4-6-13(7-5-12)24-11-16(21,22)8-15(19,20)10-23-9-14(2,17)18;1-2-11-3-5-12(6-4-11)24-10-14(18,19)7-13(16,17)8-23-9-15(20,21)22/h3*1-15H;3-6H,1,7-10H2,2H3;3-7H,1,8-11H2,2H3;2-6H,1,7-10H2/q3*+1;3*-1. The maximum Gasteiger partial charge on any atom is 0.371 e. The van der Waals surface area contributed by atoms with Crippen molar-refractivity contribution in [2.45, 2.75) is 131 Å². The fraction of sp³-hybridized carbons (Fsp3) is 0.225. The fourth-order valence-corrected chi connectivity index (χ4v) is 17.9. The van der Waals surface area contributed by atoms with Gasteiger partial charge in [-0.1, -0.05) is 259 Å². The lowest BCUT2D eigenvalue weighted by molar-refractivity contribution is -0.130. The molecule has 12 rings (SSSR count). The summed E-state index contributed by atoms with van der Waals surface area (Å²) in [6, 6.07) is 113. The summed E-state index contributed by atoms with van der Waals surface area (Å²) in [7, 11) is -0.0439. The molecule has 0 radical (unpaired) electrons. The van der Waals surface area contributed by atoms with Crippen LogP contribution in [0.15, 0.2) is 415 Å². The number of nitrogens with zero attached hydrogens (tertiary/aromatic N) is 3. The van der Waals surface area contributed by atoms with Gasteiger partial charge in [0.05, 0.1) is 51.9 Å². The van der Waals surface area contributed by atoms with Crippen molar-refractivity contribution < 1.29 is 112 Å². The van der Waals surface area contributed by atoms with Crippen LogP contribution in [0.25, 0.3) is 28.1 Å². The molecule has 12 aromatic rings. The molecule has 0 aliphatic carbocycles. The molecule has 0 aliphatic heterocycles. The third-order valence-electron chi connectivity index (χ3n) is 17.3. The van der Waals surface area contributed by atoms with Crippen LogP contribution in [-0.2, 0) is 37.5 Å². The molecule has 133 heavy (non-hydrogen) atoms. The monoisotopic (exact) mass is 1920 g/mol. The zero-order valence-corrected chi connectivity index (χ0v) is 74.3. The van der Waals surface area contributed by atoms with Crippen LogP contribution >= 0.6 is 0 Å². The van der Waals surface area contributed by atoms with Gasteiger partial charge < -0.3 is 34.9 Å². The Morgan fingerprint density at radius 1 is 0.278 bits per heavy atom. The van der Waals surface area contributed by atoms with E-state index in [1.54, 1.807) is 18.2 Å². The van der Waals surface area contributed by atoms with E-state index in [2.05, 4.69) is 309 Å². The summed E-state index contributed by atoms with van der Waals surface area (Å²) in [6.45, 7) is -1.14. The van der Waals surface area contributed by atoms with Crippen LogP contribution < -0.4 is 18.9 Å². The average Bonchev–Trinajstić information content (AvgIpc) is 0.847. The predicted molar refractivity (Wildman–Crippen MR) is 486 cm³/mol. The van der Waals surface area contributed by atoms with Gasteiger partial charge in [-0.25, -0.2) is 66.3 Å². The van der Waals surface area contributed by atoms with Crippen molar-refractivity contribution in [1.29, 1.82) is 0 Å². The highest BCUT2D eigenvalue weighted by atomic mass is 32.2. The Morgan fingerprint density at radius 2 is 0.466 bits per heavy atom. The first-order valence-electron chi connectivity index (χ1n) is 40.6. The Balaban J connectivity index is 0.000000219. The summed E-state index contributed by atoms with van der Waals surface area (Å²) in [5.74, 6) is -27.7. The molecule has 0 saturated heterocycles. The number of hydrogen-bond acceptors (Lipinski definition) is 5. The first kappa shape index (κ1) is 108. The van der Waals surface area contributed by atoms with Crippen molar-refractivity contribution >= 4 is 50.8 Å². The van der Waals surface area contributed by atoms with Crippen LogP contribution in [0.5, 0.6) is 23.0 Å². The summed E-state index contributed by atoms with van der Waals surface area (Å²) >= 11 is 0. The minimum atomic E-state index is -4.79. The SMILES string of the molecule is C=C(C)C(=O)Oc1ccc(OCC(F)(F)CC(F)(F)C[N-]CC(F)(F)F)cc1.C=Cc1ccc(OCC(F)(F)CC(F)(F)C[N-]CC(C)(F)F)cc1.C=Cc1ccc(OCC(F)(F)CC(F)(F)C[N-]CC(F)(F)F)cc1.c1ccc([S+](c2ccccc2)c2ccccc2)cc1.c1ccc([S+](c2ccccc2)c2ccccc2)cc1.c1ccc([S+](c2ccccc2)c2ccccc2)cc1. The molecule has 706 valence electrons. The molecule has 0 N–H and O–H groups in total. The average molecular weight is 1920 g/mol. The largest absolute Gasteiger partial charge is 0.653 e. The summed E-state index contributed by atoms with van der Waals surface area (Å²) in [5, 5.41) is 8.10. The lowest BCUT2D eigenvalue weighted by Gasteiger charge is -2.31. The van der Waals surface area contributed by atoms with Crippen molar-refractivity contribution in [2.24, 2.45) is 0 Å². The number of alkyl halides is 20. The summed E-state index contributed by atoms with van der Waals surface area (Å²) < 4.78 is 277. The molecule has 0 unspecified atom stereocenters. The van der Waals surface area contributed by atoms with Crippen LogP contribution in [0.3, 0.4) is 0 Å². The zero-order chi connectivity index (χ0) is 97.2. The van der Waals surface area contributed by atoms with E-state index in [1.807, 2.05) is 0 Å². The van der Waals surface area contributed by atoms with Gasteiger partial charge in [0.15, 0.2) is 63.9 Å². The molecule has 12 aromatic carbocycles. The van der Waals surface area contributed by atoms with Gasteiger partial charge in [0, 0.05) is 5.57 Å². The molecule has 0 bridgehead atoms. The molecule has 31 heteroatoms. The van der Waals surface area contributed by atoms with E-state index in [9.17, 15) is 92.6 Å². The Kier molecular flexibility index (Phi) is 42.9. The number of esters is 1. The van der Waals surface area contributed by atoms with Gasteiger partial charge in [0.2, 0.25) is 23.7 Å². The molecule has 8 nitrogen and oxygen atoms in total. The van der Waals surface area contributed by atoms with Crippen LogP contribution in [0.2, 0.25) is 0 Å². The lowest BCUT2D eigenvalue weighted by atomic mass is 10.1. The van der Waals surface area contributed by atoms with Crippen molar-refractivity contribution in [3.05, 3.63) is 398 Å². The second kappa shape index (κ2) is 52.6. The van der Waals surface area contributed by atoms with E-state index in [0.717, 1.165) is 5.56 Å². The molecule has 0 aliphatic rings. The normalized spacial score (nSPS) is 11.9. The summed E-state index contributed by atoms with van der Waals surface area (Å²) in [5.41, 5.74) is 1.60. The Morgan fingerprint density at radius 3 is 0.647 bits per heavy atom. The minimum absolute atomic E-state index is 0.0146. The third-order valence-corrected chi connectivity index (χ3v) is 24.0. The van der Waals surface area contributed by atoms with Crippen LogP contribution in [-0.4, -0.2) is 119 Å². The number of hydrogen-bond donors (Lipinski definition) is 0. The first-order valence-corrected chi connectivity index (χ1v) is 44.2. The molecule has 0 heterocycles. The van der Waals surface area contributed by atoms with E-state index in [4.69, 9.17) is 18.9 Å². The number of carbonyl (C=O) groups excluding carboxylic acids is 1. The van der Waals surface area contributed by atoms with Gasteiger partial charge in [0.1, 0.15) is 23.0 Å². The molecule has 0 saturated carbocycles. The Hall–Kier alpha value is -11.7. The fourth-order valence-electron chi connectivity index (χ4n) is 11.6. The second-order valence-corrected chi connectivity index (χ2v) is 35.5. The zero-order valence-electron chi connectivity index (χ0n) is 71.8. The molecule has 0 aromatic heterocycles. The van der Waals surface area contributed by atoms with Crippen LogP contribution in [0.1, 0.15) is 44.2 Å². The molecule has 0 atom stereocenters. The molecular weight excluding hydrogens is 1820 g/mol. The first-order chi connectivity index (χ1) is 62.9. The number of benzene rings is 12. The number of carbonyl (C=O) groups is 1. The van der Waals surface area contributed by atoms with Gasteiger partial charge in [-0.3, -0.25) is 0 Å². The highest BCUT2D eigenvalue weighted by molar-refractivity contribution is 7.97. The smallest absolute Gasteiger partial charge is 0.371 e. The Labute approximate surface area is 769 Å². The van der Waals surface area contributed by atoms with E-state index >= 15 is 0 Å². The van der Waals surface area contributed by atoms with E-state index in [-0.39, 0.29) is 61.3 Å². The molecule has 0 amide bonds. The van der Waals surface area contributed by atoms with Crippen LogP contribution in [0, 0.1) is 0 Å². The van der Waals surface area contributed by atoms with Gasteiger partial charge in [-0.05, 0) is 183 Å². The van der Waals surface area contributed by atoms with E-state index in [1.165, 1.54) is 118 Å². The van der Waals surface area contributed by atoms with Gasteiger partial charge in [-0.15, -0.1) is 0 Å². The topological polar surface area (TPSA) is 96.3 Å². The maximum atomic E-state index is 13.7. The third kappa shape index (κ3) is 42.8. The highest BCUT2D eigenvalue weighted by Gasteiger charge is 2.45. The van der Waals surface area contributed by atoms with E-state index in [0.29, 0.717) is 12.5 Å². The van der Waals surface area contributed by atoms with Crippen molar-refractivity contribution in [3.8, 4) is 23.0 Å². The van der Waals surface area contributed by atoms with Crippen molar-refractivity contribution in [1.82, 2.24) is 0 Å². The summed E-state index contributed by atoms with van der Waals surface area (Å²) in [4.78, 5) is 23.6. The summed E-state index contributed by atoms with van der Waals surface area (Å²) in [6.07, 6.45) is -12.3. The van der Waals surface area contributed by atoms with Gasteiger partial charge >= 0.3 is 18.3 Å². The highest BCUT2D eigenvalue weighted by Crippen LogP contribution is 2.40. The Bertz CT molecular complexity index is 4670. The number of ether oxygens (including phenoxy) is 4. The molecule has 0 fully saturated rings. The van der Waals surface area contributed by atoms with Gasteiger partial charge in [-0.2, -0.15) is 26.3 Å². The maximum absolute atomic E-state index is 13.7. The number of rotatable bonds is 38. The number of halogens is 20. The predicted octanol–water partition coefficient (Wildman–Crippen LogP) is 30.2. The quantitative estimate of drug-likeness (QED) is 0.0126. The van der Waals surface area contributed by atoms with Crippen molar-refractivity contribution in [2.75, 3.05) is 59.1 Å². The van der Waals surface area contributed by atoms with Crippen molar-refractivity contribution in [3.63, 3.8) is 0 Å². The molecule has 0 spiro atoms. The van der Waals surface area contributed by atoms with Crippen LogP contribution in [0.4, 0.5) is 87.8 Å². The lowest BCUT2D eigenvalue weighted by Crippen LogP contribution is -2.36. The molecular formula is C102H95F20N3O5S3. The second-order valence-electron chi connectivity index (χ2n) is 29.4. The van der Waals surface area contributed by atoms with E-state index < -0.39 is 138 Å². The van der Waals surface area contributed by atoms with Gasteiger partial charge in [0.25, 0.3) is 17.8 Å².